The summed E-state index contributed by atoms with van der Waals surface area (Å²) < 4.78 is 16.4. The van der Waals surface area contributed by atoms with Gasteiger partial charge in [0.2, 0.25) is 5.91 Å². The zero-order valence-corrected chi connectivity index (χ0v) is 17.8. The molecule has 1 aliphatic rings. The largest absolute Gasteiger partial charge is 0.378 e. The molecule has 0 saturated carbocycles. The minimum absolute atomic E-state index is 0. The van der Waals surface area contributed by atoms with E-state index >= 15 is 0 Å². The second-order valence-electron chi connectivity index (χ2n) is 6.25. The molecule has 1 unspecified atom stereocenters. The molecule has 8 nitrogen and oxygen atoms in total. The van der Waals surface area contributed by atoms with Crippen LogP contribution in [-0.4, -0.2) is 76.2 Å². The van der Waals surface area contributed by atoms with Gasteiger partial charge in [-0.15, -0.1) is 0 Å². The molecule has 8 heteroatoms. The van der Waals surface area contributed by atoms with Crippen LogP contribution in [0.15, 0.2) is 0 Å². The van der Waals surface area contributed by atoms with Gasteiger partial charge in [0, 0.05) is 33.5 Å². The van der Waals surface area contributed by atoms with E-state index in [4.69, 9.17) is 14.2 Å². The molecule has 3 N–H and O–H groups in total. The number of nitrogens with one attached hydrogen (secondary N) is 3. The quantitative estimate of drug-likeness (QED) is 0.345. The van der Waals surface area contributed by atoms with Gasteiger partial charge in [-0.3, -0.25) is 4.79 Å². The van der Waals surface area contributed by atoms with Crippen molar-refractivity contribution in [3.05, 3.63) is 0 Å². The van der Waals surface area contributed by atoms with Crippen molar-refractivity contribution in [1.29, 1.82) is 0 Å². The Kier molecular flexibility index (Phi) is 19.4. The standard InChI is InChI=1S/C17H36N4O4.C2H6.H2/c1-3-4-5-6-17(22)18-7-9-23-11-13-25-14-12-24-10-8-21-15-16(2)19-20-21;1-2;/h16,19-20H,3-15H2,1-2H3,(H,18,22);1-2H3;1H. The molecule has 0 spiro atoms. The summed E-state index contributed by atoms with van der Waals surface area (Å²) in [5.41, 5.74) is 6.23. The molecule has 1 heterocycles. The Morgan fingerprint density at radius 1 is 1.07 bits per heavy atom. The number of unbranched alkanes of at least 4 members (excludes halogenated alkanes) is 2. The van der Waals surface area contributed by atoms with Crippen molar-refractivity contribution in [2.24, 2.45) is 0 Å². The van der Waals surface area contributed by atoms with Gasteiger partial charge in [0.1, 0.15) is 0 Å². The van der Waals surface area contributed by atoms with Crippen molar-refractivity contribution in [3.63, 3.8) is 0 Å². The Morgan fingerprint density at radius 3 is 2.30 bits per heavy atom. The molecule has 1 saturated heterocycles. The van der Waals surface area contributed by atoms with E-state index < -0.39 is 0 Å². The number of nitrogens with zero attached hydrogens (tertiary/aromatic N) is 1. The number of carbonyl (C=O) groups is 1. The van der Waals surface area contributed by atoms with Gasteiger partial charge >= 0.3 is 0 Å². The van der Waals surface area contributed by atoms with Crippen LogP contribution in [0.5, 0.6) is 0 Å². The predicted octanol–water partition coefficient (Wildman–Crippen LogP) is 1.72. The highest BCUT2D eigenvalue weighted by atomic mass is 16.5. The van der Waals surface area contributed by atoms with Crippen molar-refractivity contribution in [1.82, 2.24) is 21.3 Å². The fourth-order valence-electron chi connectivity index (χ4n) is 2.37. The predicted molar refractivity (Wildman–Crippen MR) is 110 cm³/mol. The average Bonchev–Trinajstić information content (AvgIpc) is 3.09. The van der Waals surface area contributed by atoms with Crippen molar-refractivity contribution < 1.29 is 20.4 Å². The van der Waals surface area contributed by atoms with E-state index in [1.54, 1.807) is 0 Å². The highest BCUT2D eigenvalue weighted by molar-refractivity contribution is 5.75. The van der Waals surface area contributed by atoms with E-state index in [-0.39, 0.29) is 7.33 Å². The van der Waals surface area contributed by atoms with Crippen molar-refractivity contribution in [3.8, 4) is 0 Å². The lowest BCUT2D eigenvalue weighted by Gasteiger charge is -2.14. The molecule has 1 atom stereocenters. The molecule has 0 bridgehead atoms. The van der Waals surface area contributed by atoms with Crippen molar-refractivity contribution >= 4 is 5.91 Å². The first-order valence-electron chi connectivity index (χ1n) is 10.5. The average molecular weight is 393 g/mol. The van der Waals surface area contributed by atoms with Gasteiger partial charge in [-0.1, -0.05) is 33.6 Å². The van der Waals surface area contributed by atoms with Crippen LogP contribution < -0.4 is 16.3 Å². The normalized spacial score (nSPS) is 16.8. The topological polar surface area (TPSA) is 84.1 Å². The Bertz CT molecular complexity index is 341. The van der Waals surface area contributed by atoms with Gasteiger partial charge in [-0.2, -0.15) is 5.53 Å². The third-order valence-electron chi connectivity index (χ3n) is 3.79. The number of amides is 1. The molecular weight excluding hydrogens is 348 g/mol. The van der Waals surface area contributed by atoms with E-state index in [2.05, 4.69) is 35.1 Å². The summed E-state index contributed by atoms with van der Waals surface area (Å²) in [5, 5.41) is 4.95. The van der Waals surface area contributed by atoms with Crippen LogP contribution in [0.4, 0.5) is 0 Å². The summed E-state index contributed by atoms with van der Waals surface area (Å²) in [7, 11) is 0. The summed E-state index contributed by atoms with van der Waals surface area (Å²) >= 11 is 0. The van der Waals surface area contributed by atoms with Gasteiger partial charge in [0.15, 0.2) is 0 Å². The number of carbonyl (C=O) groups excluding carboxylic acids is 1. The maximum absolute atomic E-state index is 11.5. The Labute approximate surface area is 167 Å². The van der Waals surface area contributed by atoms with Crippen LogP contribution in [0.3, 0.4) is 0 Å². The van der Waals surface area contributed by atoms with Crippen LogP contribution in [-0.2, 0) is 19.0 Å². The molecule has 0 aromatic carbocycles. The zero-order valence-electron chi connectivity index (χ0n) is 17.8. The third kappa shape index (κ3) is 17.1. The fraction of sp³-hybridized carbons (Fsp3) is 0.947. The van der Waals surface area contributed by atoms with Gasteiger partial charge in [0.25, 0.3) is 0 Å². The highest BCUT2D eigenvalue weighted by Gasteiger charge is 2.16. The monoisotopic (exact) mass is 392 g/mol. The Balaban J connectivity index is 0. The zero-order chi connectivity index (χ0) is 20.2. The first kappa shape index (κ1) is 26.2. The lowest BCUT2D eigenvalue weighted by atomic mass is 10.2. The molecule has 1 aliphatic heterocycles. The van der Waals surface area contributed by atoms with Gasteiger partial charge in [-0.25, -0.2) is 10.4 Å². The molecule has 0 aliphatic carbocycles. The molecule has 1 amide bonds. The summed E-state index contributed by atoms with van der Waals surface area (Å²) in [4.78, 5) is 11.5. The number of rotatable bonds is 16. The van der Waals surface area contributed by atoms with Crippen LogP contribution in [0, 0.1) is 0 Å². The van der Waals surface area contributed by atoms with E-state index in [1.165, 1.54) is 0 Å². The smallest absolute Gasteiger partial charge is 0.220 e. The summed E-state index contributed by atoms with van der Waals surface area (Å²) in [5.74, 6) is 0.111. The first-order valence-corrected chi connectivity index (χ1v) is 10.5. The minimum atomic E-state index is 0. The Hall–Kier alpha value is -0.770. The van der Waals surface area contributed by atoms with Gasteiger partial charge < -0.3 is 19.5 Å². The molecule has 164 valence electrons. The molecule has 27 heavy (non-hydrogen) atoms. The SMILES string of the molecule is CC.CCCCCC(=O)NCCOCCOCCOCCN1CC(C)NN1.[HH]. The number of hydrogen-bond acceptors (Lipinski definition) is 7. The summed E-state index contributed by atoms with van der Waals surface area (Å²) in [6, 6.07) is 0.470. The molecular formula is C19H44N4O4. The molecule has 0 aromatic heterocycles. The number of ether oxygens (including phenoxy) is 3. The maximum Gasteiger partial charge on any atom is 0.220 e. The highest BCUT2D eigenvalue weighted by Crippen LogP contribution is 1.98. The minimum Gasteiger partial charge on any atom is -0.378 e. The number of hydrazine groups is 2. The van der Waals surface area contributed by atoms with E-state index in [1.807, 2.05) is 13.8 Å². The van der Waals surface area contributed by atoms with Crippen LogP contribution >= 0.6 is 0 Å². The van der Waals surface area contributed by atoms with Crippen LogP contribution in [0.1, 0.15) is 54.8 Å². The van der Waals surface area contributed by atoms with Crippen molar-refractivity contribution in [2.75, 3.05) is 59.3 Å². The van der Waals surface area contributed by atoms with Crippen LogP contribution in [0.2, 0.25) is 0 Å². The van der Waals surface area contributed by atoms with E-state index in [9.17, 15) is 4.79 Å². The maximum atomic E-state index is 11.5. The van der Waals surface area contributed by atoms with E-state index in [0.29, 0.717) is 58.6 Å². The second kappa shape index (κ2) is 20.0. The molecule has 1 fully saturated rings. The molecule has 0 aromatic rings. The van der Waals surface area contributed by atoms with Gasteiger partial charge in [-0.05, 0) is 13.3 Å². The summed E-state index contributed by atoms with van der Waals surface area (Å²) in [6.07, 6.45) is 3.81. The Morgan fingerprint density at radius 2 is 1.70 bits per heavy atom. The van der Waals surface area contributed by atoms with Crippen molar-refractivity contribution in [2.45, 2.75) is 59.4 Å². The van der Waals surface area contributed by atoms with Gasteiger partial charge in [0.05, 0.1) is 39.6 Å². The van der Waals surface area contributed by atoms with Crippen LogP contribution in [0.25, 0.3) is 0 Å². The van der Waals surface area contributed by atoms with E-state index in [0.717, 1.165) is 32.4 Å². The second-order valence-corrected chi connectivity index (χ2v) is 6.25. The molecule has 1 rings (SSSR count). The lowest BCUT2D eigenvalue weighted by molar-refractivity contribution is -0.121. The first-order chi connectivity index (χ1) is 13.2. The molecule has 0 radical (unpaired) electrons. The summed E-state index contributed by atoms with van der Waals surface area (Å²) in [6.45, 7) is 14.1. The number of hydrogen-bond donors (Lipinski definition) is 3. The fourth-order valence-corrected chi connectivity index (χ4v) is 2.37. The lowest BCUT2D eigenvalue weighted by Crippen LogP contribution is -2.38. The third-order valence-corrected chi connectivity index (χ3v) is 3.79.